The smallest absolute Gasteiger partial charge is 0.128 e. The topological polar surface area (TPSA) is 56.9 Å². The molecule has 1 fully saturated rings. The number of rotatable bonds is 4. The Kier molecular flexibility index (Phi) is 3.78. The van der Waals surface area contributed by atoms with Crippen molar-refractivity contribution in [3.05, 3.63) is 41.9 Å². The molecule has 5 heteroatoms. The van der Waals surface area contributed by atoms with Gasteiger partial charge in [0.05, 0.1) is 11.9 Å². The van der Waals surface area contributed by atoms with Gasteiger partial charge in [0.2, 0.25) is 0 Å². The first-order chi connectivity index (χ1) is 10.3. The highest BCUT2D eigenvalue weighted by molar-refractivity contribution is 5.49. The zero-order valence-electron chi connectivity index (χ0n) is 12.2. The molecule has 3 rings (SSSR count). The largest absolute Gasteiger partial charge is 0.380 e. The van der Waals surface area contributed by atoms with E-state index in [4.69, 9.17) is 5.26 Å². The second-order valence-corrected chi connectivity index (χ2v) is 5.41. The van der Waals surface area contributed by atoms with Crippen molar-refractivity contribution in [3.8, 4) is 6.07 Å². The molecule has 0 spiro atoms. The van der Waals surface area contributed by atoms with Crippen molar-refractivity contribution in [3.63, 3.8) is 0 Å². The minimum absolute atomic E-state index is 0.675. The Hall–Kier alpha value is -2.48. The normalized spacial score (nSPS) is 14.2. The van der Waals surface area contributed by atoms with Crippen LogP contribution in [0.25, 0.3) is 0 Å². The van der Waals surface area contributed by atoms with Gasteiger partial charge in [-0.15, -0.1) is 0 Å². The molecule has 0 unspecified atom stereocenters. The first-order valence-corrected chi connectivity index (χ1v) is 7.26. The second kappa shape index (κ2) is 5.88. The maximum atomic E-state index is 8.95. The van der Waals surface area contributed by atoms with Gasteiger partial charge in [-0.05, 0) is 36.6 Å². The Balaban J connectivity index is 1.61. The van der Waals surface area contributed by atoms with Crippen molar-refractivity contribution in [1.82, 2.24) is 9.55 Å². The molecule has 0 radical (unpaired) electrons. The van der Waals surface area contributed by atoms with Gasteiger partial charge >= 0.3 is 0 Å². The zero-order chi connectivity index (χ0) is 14.7. The number of nitrogens with one attached hydrogen (secondary N) is 1. The van der Waals surface area contributed by atoms with E-state index in [9.17, 15) is 0 Å². The molecule has 0 bridgehead atoms. The van der Waals surface area contributed by atoms with E-state index in [1.54, 1.807) is 0 Å². The zero-order valence-corrected chi connectivity index (χ0v) is 12.2. The van der Waals surface area contributed by atoms with Crippen molar-refractivity contribution >= 4 is 11.5 Å². The third-order valence-electron chi connectivity index (χ3n) is 3.85. The van der Waals surface area contributed by atoms with Gasteiger partial charge in [-0.3, -0.25) is 0 Å². The Labute approximate surface area is 124 Å². The minimum atomic E-state index is 0.675. The summed E-state index contributed by atoms with van der Waals surface area (Å²) in [6, 6.07) is 8.20. The first-order valence-electron chi connectivity index (χ1n) is 7.26. The van der Waals surface area contributed by atoms with Crippen LogP contribution < -0.4 is 10.2 Å². The van der Waals surface area contributed by atoms with Crippen LogP contribution in [-0.4, -0.2) is 22.6 Å². The Bertz CT molecular complexity index is 644. The standard InChI is InChI=1S/C16H19N5/c1-20-12-13(8-15(20)9-17)10-18-14-4-5-16(19-11-14)21-6-2-3-7-21/h4-5,8,11-12,18H,2-3,6-7,10H2,1H3. The van der Waals surface area contributed by atoms with Crippen LogP contribution in [0.15, 0.2) is 30.6 Å². The predicted octanol–water partition coefficient (Wildman–Crippen LogP) is 2.50. The predicted molar refractivity (Wildman–Crippen MR) is 83.1 cm³/mol. The molecule has 0 aliphatic carbocycles. The number of aromatic nitrogens is 2. The summed E-state index contributed by atoms with van der Waals surface area (Å²) in [5, 5.41) is 12.3. The summed E-state index contributed by atoms with van der Waals surface area (Å²) >= 11 is 0. The summed E-state index contributed by atoms with van der Waals surface area (Å²) in [5.41, 5.74) is 2.77. The molecule has 1 aliphatic rings. The van der Waals surface area contributed by atoms with Crippen LogP contribution in [0.2, 0.25) is 0 Å². The molecule has 2 aromatic heterocycles. The van der Waals surface area contributed by atoms with Gasteiger partial charge in [0.1, 0.15) is 17.6 Å². The van der Waals surface area contributed by atoms with E-state index in [0.29, 0.717) is 12.2 Å². The highest BCUT2D eigenvalue weighted by Crippen LogP contribution is 2.19. The third kappa shape index (κ3) is 3.00. The van der Waals surface area contributed by atoms with Crippen LogP contribution in [0.3, 0.4) is 0 Å². The van der Waals surface area contributed by atoms with Crippen LogP contribution in [0.1, 0.15) is 24.1 Å². The highest BCUT2D eigenvalue weighted by Gasteiger charge is 2.12. The Morgan fingerprint density at radius 2 is 2.14 bits per heavy atom. The fourth-order valence-corrected chi connectivity index (χ4v) is 2.67. The lowest BCUT2D eigenvalue weighted by atomic mass is 10.3. The van der Waals surface area contributed by atoms with E-state index in [-0.39, 0.29) is 0 Å². The number of anilines is 2. The molecule has 0 amide bonds. The molecule has 1 N–H and O–H groups in total. The average Bonchev–Trinajstić information content (AvgIpc) is 3.15. The maximum Gasteiger partial charge on any atom is 0.128 e. The van der Waals surface area contributed by atoms with E-state index < -0.39 is 0 Å². The summed E-state index contributed by atoms with van der Waals surface area (Å²) in [4.78, 5) is 6.84. The van der Waals surface area contributed by atoms with Gasteiger partial charge in [-0.1, -0.05) is 0 Å². The van der Waals surface area contributed by atoms with Gasteiger partial charge < -0.3 is 14.8 Å². The fraction of sp³-hybridized carbons (Fsp3) is 0.375. The summed E-state index contributed by atoms with van der Waals surface area (Å²) in [6.45, 7) is 2.92. The van der Waals surface area contributed by atoms with E-state index in [1.165, 1.54) is 12.8 Å². The van der Waals surface area contributed by atoms with Crippen molar-refractivity contribution in [2.75, 3.05) is 23.3 Å². The van der Waals surface area contributed by atoms with Crippen LogP contribution in [-0.2, 0) is 13.6 Å². The first kappa shape index (κ1) is 13.5. The number of hydrogen-bond acceptors (Lipinski definition) is 4. The highest BCUT2D eigenvalue weighted by atomic mass is 15.2. The van der Waals surface area contributed by atoms with Gasteiger partial charge in [-0.2, -0.15) is 5.26 Å². The lowest BCUT2D eigenvalue weighted by molar-refractivity contribution is 0.902. The van der Waals surface area contributed by atoms with Gasteiger partial charge in [0, 0.05) is 32.9 Å². The quantitative estimate of drug-likeness (QED) is 0.935. The number of pyridine rings is 1. The molecule has 5 nitrogen and oxygen atoms in total. The summed E-state index contributed by atoms with van der Waals surface area (Å²) < 4.78 is 1.84. The fourth-order valence-electron chi connectivity index (χ4n) is 2.67. The number of hydrogen-bond donors (Lipinski definition) is 1. The van der Waals surface area contributed by atoms with E-state index in [2.05, 4.69) is 33.4 Å². The summed E-state index contributed by atoms with van der Waals surface area (Å²) in [6.07, 6.45) is 6.37. The van der Waals surface area contributed by atoms with E-state index in [1.807, 2.05) is 30.1 Å². The molecule has 21 heavy (non-hydrogen) atoms. The Morgan fingerprint density at radius 3 is 2.76 bits per heavy atom. The molecular weight excluding hydrogens is 262 g/mol. The van der Waals surface area contributed by atoms with Crippen molar-refractivity contribution in [2.24, 2.45) is 7.05 Å². The molecule has 0 atom stereocenters. The van der Waals surface area contributed by atoms with E-state index in [0.717, 1.165) is 30.2 Å². The van der Waals surface area contributed by atoms with Gasteiger partial charge in [0.25, 0.3) is 0 Å². The summed E-state index contributed by atoms with van der Waals surface area (Å²) in [5.74, 6) is 1.06. The van der Waals surface area contributed by atoms with E-state index >= 15 is 0 Å². The number of aryl methyl sites for hydroxylation is 1. The molecule has 0 saturated carbocycles. The van der Waals surface area contributed by atoms with Crippen molar-refractivity contribution < 1.29 is 0 Å². The van der Waals surface area contributed by atoms with Gasteiger partial charge in [0.15, 0.2) is 0 Å². The second-order valence-electron chi connectivity index (χ2n) is 5.41. The Morgan fingerprint density at radius 1 is 1.33 bits per heavy atom. The minimum Gasteiger partial charge on any atom is -0.380 e. The third-order valence-corrected chi connectivity index (χ3v) is 3.85. The summed E-state index contributed by atoms with van der Waals surface area (Å²) in [7, 11) is 1.88. The molecular formula is C16H19N5. The molecule has 1 aliphatic heterocycles. The van der Waals surface area contributed by atoms with Gasteiger partial charge in [-0.25, -0.2) is 4.98 Å². The van der Waals surface area contributed by atoms with Crippen molar-refractivity contribution in [2.45, 2.75) is 19.4 Å². The number of nitriles is 1. The lowest BCUT2D eigenvalue weighted by Crippen LogP contribution is -2.18. The van der Waals surface area contributed by atoms with Crippen LogP contribution in [0.4, 0.5) is 11.5 Å². The average molecular weight is 281 g/mol. The van der Waals surface area contributed by atoms with Crippen LogP contribution in [0, 0.1) is 11.3 Å². The molecule has 2 aromatic rings. The van der Waals surface area contributed by atoms with Crippen LogP contribution in [0.5, 0.6) is 0 Å². The molecule has 3 heterocycles. The molecule has 108 valence electrons. The lowest BCUT2D eigenvalue weighted by Gasteiger charge is -2.16. The molecule has 1 saturated heterocycles. The maximum absolute atomic E-state index is 8.95. The van der Waals surface area contributed by atoms with Crippen molar-refractivity contribution in [1.29, 1.82) is 5.26 Å². The SMILES string of the molecule is Cn1cc(CNc2ccc(N3CCCC3)nc2)cc1C#N. The van der Waals surface area contributed by atoms with Crippen LogP contribution >= 0.6 is 0 Å². The number of nitrogens with zero attached hydrogens (tertiary/aromatic N) is 4. The molecule has 0 aromatic carbocycles. The monoisotopic (exact) mass is 281 g/mol.